The van der Waals surface area contributed by atoms with Gasteiger partial charge in [0, 0.05) is 0 Å². The molecule has 106 valence electrons. The van der Waals surface area contributed by atoms with Crippen LogP contribution in [0.3, 0.4) is 0 Å². The fraction of sp³-hybridized carbons (Fsp3) is 0.444. The van der Waals surface area contributed by atoms with Gasteiger partial charge in [-0.15, -0.1) is 0 Å². The van der Waals surface area contributed by atoms with Crippen molar-refractivity contribution in [2.24, 2.45) is 5.84 Å². The van der Waals surface area contributed by atoms with E-state index in [0.29, 0.717) is 0 Å². The van der Waals surface area contributed by atoms with Gasteiger partial charge in [-0.05, 0) is 0 Å². The van der Waals surface area contributed by atoms with Gasteiger partial charge in [-0.2, -0.15) is 0 Å². The first-order valence-electron chi connectivity index (χ1n) is 5.24. The van der Waals surface area contributed by atoms with Crippen LogP contribution in [0.2, 0.25) is 0 Å². The topological polar surface area (TPSA) is 167 Å². The van der Waals surface area contributed by atoms with Crippen LogP contribution in [-0.2, 0) is 0 Å². The third-order valence-corrected chi connectivity index (χ3v) is 2.47. The lowest BCUT2D eigenvalue weighted by atomic mass is 10.0. The van der Waals surface area contributed by atoms with E-state index in [4.69, 9.17) is 21.2 Å². The molecule has 10 heteroatoms. The second kappa shape index (κ2) is 6.24. The molecule has 1 heterocycles. The molecule has 0 radical (unpaired) electrons. The molecule has 10 nitrogen and oxygen atoms in total. The third-order valence-electron chi connectivity index (χ3n) is 2.47. The summed E-state index contributed by atoms with van der Waals surface area (Å²) in [7, 11) is 0. The van der Waals surface area contributed by atoms with Gasteiger partial charge in [0.05, 0.1) is 36.9 Å². The normalized spacial score (nSPS) is 11.2. The Labute approximate surface area is 108 Å². The van der Waals surface area contributed by atoms with Crippen LogP contribution < -0.4 is 16.6 Å². The van der Waals surface area contributed by atoms with Gasteiger partial charge in [-0.3, -0.25) is 10.1 Å². The second-order valence-corrected chi connectivity index (χ2v) is 3.88. The molecule has 0 saturated heterocycles. The van der Waals surface area contributed by atoms with Crippen LogP contribution in [0.4, 0.5) is 17.3 Å². The number of hydrogen-bond donors (Lipinski definition) is 6. The number of aliphatic hydroxyl groups excluding tert-OH is 3. The van der Waals surface area contributed by atoms with Gasteiger partial charge in [0.1, 0.15) is 17.2 Å². The van der Waals surface area contributed by atoms with Crippen LogP contribution in [0.25, 0.3) is 0 Å². The predicted molar refractivity (Wildman–Crippen MR) is 66.3 cm³/mol. The Morgan fingerprint density at radius 2 is 1.79 bits per heavy atom. The number of pyridine rings is 1. The number of rotatable bonds is 7. The van der Waals surface area contributed by atoms with Crippen molar-refractivity contribution in [3.8, 4) is 0 Å². The SMILES string of the molecule is NNc1cc([N+](=O)[O-])cc(NC(CO)(CO)CO)n1. The maximum Gasteiger partial charge on any atom is 0.276 e. The largest absolute Gasteiger partial charge is 0.394 e. The van der Waals surface area contributed by atoms with Gasteiger partial charge < -0.3 is 26.1 Å². The monoisotopic (exact) mass is 273 g/mol. The number of hydrazine groups is 1. The zero-order valence-corrected chi connectivity index (χ0v) is 9.91. The van der Waals surface area contributed by atoms with Gasteiger partial charge in [-0.1, -0.05) is 0 Å². The Morgan fingerprint density at radius 3 is 2.21 bits per heavy atom. The number of nitro groups is 1. The molecule has 0 spiro atoms. The second-order valence-electron chi connectivity index (χ2n) is 3.88. The average Bonchev–Trinajstić information content (AvgIpc) is 2.44. The summed E-state index contributed by atoms with van der Waals surface area (Å²) in [4.78, 5) is 14.0. The van der Waals surface area contributed by atoms with Gasteiger partial charge in [0.2, 0.25) is 0 Å². The highest BCUT2D eigenvalue weighted by Crippen LogP contribution is 2.22. The predicted octanol–water partition coefficient (Wildman–Crippen LogP) is -1.60. The van der Waals surface area contributed by atoms with Crippen molar-refractivity contribution in [1.29, 1.82) is 0 Å². The summed E-state index contributed by atoms with van der Waals surface area (Å²) in [6.07, 6.45) is 0. The number of nitrogens with one attached hydrogen (secondary N) is 2. The van der Waals surface area contributed by atoms with Crippen molar-refractivity contribution in [2.75, 3.05) is 30.6 Å². The minimum Gasteiger partial charge on any atom is -0.394 e. The van der Waals surface area contributed by atoms with Crippen LogP contribution in [-0.4, -0.2) is 50.6 Å². The highest BCUT2D eigenvalue weighted by molar-refractivity contribution is 5.55. The fourth-order valence-corrected chi connectivity index (χ4v) is 1.30. The van der Waals surface area contributed by atoms with Crippen LogP contribution in [0.15, 0.2) is 12.1 Å². The van der Waals surface area contributed by atoms with Crippen LogP contribution in [0.5, 0.6) is 0 Å². The summed E-state index contributed by atoms with van der Waals surface area (Å²) in [5.74, 6) is 5.15. The number of nitrogen functional groups attached to an aromatic ring is 1. The van der Waals surface area contributed by atoms with E-state index in [1.165, 1.54) is 0 Å². The Morgan fingerprint density at radius 1 is 1.26 bits per heavy atom. The number of anilines is 2. The quantitative estimate of drug-likeness (QED) is 0.195. The van der Waals surface area contributed by atoms with E-state index in [2.05, 4.69) is 15.7 Å². The molecule has 0 saturated carbocycles. The van der Waals surface area contributed by atoms with E-state index in [9.17, 15) is 10.1 Å². The first-order chi connectivity index (χ1) is 9.00. The van der Waals surface area contributed by atoms with Crippen molar-refractivity contribution in [2.45, 2.75) is 5.54 Å². The maximum atomic E-state index is 10.7. The molecule has 0 amide bonds. The van der Waals surface area contributed by atoms with Gasteiger partial charge in [0.15, 0.2) is 0 Å². The number of hydrogen-bond acceptors (Lipinski definition) is 9. The van der Waals surface area contributed by atoms with E-state index in [-0.39, 0.29) is 17.3 Å². The van der Waals surface area contributed by atoms with Gasteiger partial charge >= 0.3 is 0 Å². The summed E-state index contributed by atoms with van der Waals surface area (Å²) < 4.78 is 0. The van der Waals surface area contributed by atoms with Crippen LogP contribution >= 0.6 is 0 Å². The smallest absolute Gasteiger partial charge is 0.276 e. The summed E-state index contributed by atoms with van der Waals surface area (Å²) in [5, 5.41) is 40.8. The lowest BCUT2D eigenvalue weighted by Gasteiger charge is -2.29. The molecule has 7 N–H and O–H groups in total. The molecule has 1 aromatic heterocycles. The minimum atomic E-state index is -1.44. The Hall–Kier alpha value is -2.01. The molecule has 0 unspecified atom stereocenters. The Bertz CT molecular complexity index is 442. The highest BCUT2D eigenvalue weighted by Gasteiger charge is 2.29. The third kappa shape index (κ3) is 3.48. The molecule has 0 aromatic carbocycles. The molecule has 19 heavy (non-hydrogen) atoms. The van der Waals surface area contributed by atoms with Crippen molar-refractivity contribution in [3.63, 3.8) is 0 Å². The van der Waals surface area contributed by atoms with E-state index in [1.807, 2.05) is 0 Å². The number of aromatic nitrogens is 1. The van der Waals surface area contributed by atoms with Crippen molar-refractivity contribution in [3.05, 3.63) is 22.2 Å². The molecule has 0 bridgehead atoms. The molecular formula is C9H15N5O5. The Balaban J connectivity index is 3.12. The van der Waals surface area contributed by atoms with Gasteiger partial charge in [-0.25, -0.2) is 10.8 Å². The number of nitrogens with zero attached hydrogens (tertiary/aromatic N) is 2. The molecule has 0 fully saturated rings. The first kappa shape index (κ1) is 15.0. The molecule has 0 atom stereocenters. The fourth-order valence-electron chi connectivity index (χ4n) is 1.30. The molecular weight excluding hydrogens is 258 g/mol. The van der Waals surface area contributed by atoms with Crippen molar-refractivity contribution >= 4 is 17.3 Å². The van der Waals surface area contributed by atoms with Crippen LogP contribution in [0.1, 0.15) is 0 Å². The average molecular weight is 273 g/mol. The first-order valence-corrected chi connectivity index (χ1v) is 5.24. The van der Waals surface area contributed by atoms with Gasteiger partial charge in [0.25, 0.3) is 5.69 Å². The lowest BCUT2D eigenvalue weighted by Crippen LogP contribution is -2.49. The van der Waals surface area contributed by atoms with Crippen molar-refractivity contribution in [1.82, 2.24) is 4.98 Å². The molecule has 0 aliphatic carbocycles. The molecule has 1 rings (SSSR count). The molecule has 0 aliphatic heterocycles. The molecule has 0 aliphatic rings. The lowest BCUT2D eigenvalue weighted by molar-refractivity contribution is -0.384. The van der Waals surface area contributed by atoms with E-state index in [1.54, 1.807) is 0 Å². The minimum absolute atomic E-state index is 0.0145. The molecule has 1 aromatic rings. The van der Waals surface area contributed by atoms with Crippen LogP contribution in [0, 0.1) is 10.1 Å². The summed E-state index contributed by atoms with van der Waals surface area (Å²) >= 11 is 0. The maximum absolute atomic E-state index is 10.7. The summed E-state index contributed by atoms with van der Waals surface area (Å²) in [5.41, 5.74) is 0.439. The van der Waals surface area contributed by atoms with Crippen molar-refractivity contribution < 1.29 is 20.2 Å². The summed E-state index contributed by atoms with van der Waals surface area (Å²) in [6.45, 7) is -1.76. The highest BCUT2D eigenvalue weighted by atomic mass is 16.6. The zero-order valence-electron chi connectivity index (χ0n) is 9.91. The Kier molecular flexibility index (Phi) is 4.94. The standard InChI is InChI=1S/C9H15N5O5/c10-13-8-2-6(14(18)19)1-7(11-8)12-9(3-15,4-16)5-17/h1-2,15-17H,3-5,10H2,(H2,11,12,13). The van der Waals surface area contributed by atoms with E-state index >= 15 is 0 Å². The van der Waals surface area contributed by atoms with E-state index < -0.39 is 30.3 Å². The van der Waals surface area contributed by atoms with E-state index in [0.717, 1.165) is 12.1 Å². The number of aliphatic hydroxyl groups is 3. The summed E-state index contributed by atoms with van der Waals surface area (Å²) in [6, 6.07) is 2.21. The zero-order chi connectivity index (χ0) is 14.5. The number of nitrogens with two attached hydrogens (primary N) is 1.